The molecule has 0 bridgehead atoms. The molecule has 1 unspecified atom stereocenters. The van der Waals surface area contributed by atoms with E-state index in [1.165, 1.54) is 31.2 Å². The zero-order valence-electron chi connectivity index (χ0n) is 12.3. The van der Waals surface area contributed by atoms with E-state index in [0.717, 1.165) is 13.1 Å². The maximum absolute atomic E-state index is 2.49. The summed E-state index contributed by atoms with van der Waals surface area (Å²) in [6, 6.07) is 10.9. The second kappa shape index (κ2) is 7.22. The number of nitrogens with zero attached hydrogens (tertiary/aromatic N) is 2. The van der Waals surface area contributed by atoms with Crippen LogP contribution in [0.5, 0.6) is 0 Å². The third kappa shape index (κ3) is 3.52. The topological polar surface area (TPSA) is 6.48 Å². The molecule has 0 N–H and O–H groups in total. The lowest BCUT2D eigenvalue weighted by Crippen LogP contribution is -2.31. The summed E-state index contributed by atoms with van der Waals surface area (Å²) in [6.45, 7) is 6.79. The minimum Gasteiger partial charge on any atom is -0.352 e. The molecule has 0 radical (unpaired) electrons. The van der Waals surface area contributed by atoms with Crippen LogP contribution < -0.4 is 0 Å². The summed E-state index contributed by atoms with van der Waals surface area (Å²) >= 11 is 0. The minimum atomic E-state index is 0.401. The van der Waals surface area contributed by atoms with Crippen molar-refractivity contribution in [1.82, 2.24) is 9.80 Å². The van der Waals surface area contributed by atoms with E-state index in [-0.39, 0.29) is 0 Å². The molecule has 1 aromatic carbocycles. The molecule has 0 saturated carbocycles. The molecule has 2 heteroatoms. The molecule has 0 aliphatic carbocycles. The van der Waals surface area contributed by atoms with Crippen LogP contribution in [0, 0.1) is 0 Å². The predicted molar refractivity (Wildman–Crippen MR) is 81.6 cm³/mol. The lowest BCUT2D eigenvalue weighted by molar-refractivity contribution is 0.152. The van der Waals surface area contributed by atoms with Crippen molar-refractivity contribution in [3.05, 3.63) is 48.3 Å². The Hall–Kier alpha value is -1.44. The van der Waals surface area contributed by atoms with Crippen LogP contribution in [-0.2, 0) is 0 Å². The highest BCUT2D eigenvalue weighted by Gasteiger charge is 2.26. The second-order valence-electron chi connectivity index (χ2n) is 5.27. The Morgan fingerprint density at radius 2 is 1.53 bits per heavy atom. The Morgan fingerprint density at radius 1 is 0.842 bits per heavy atom. The van der Waals surface area contributed by atoms with Crippen molar-refractivity contribution >= 4 is 0 Å². The maximum atomic E-state index is 2.49. The van der Waals surface area contributed by atoms with Gasteiger partial charge in [-0.25, -0.2) is 0 Å². The van der Waals surface area contributed by atoms with Gasteiger partial charge in [0.05, 0.1) is 0 Å². The first-order valence-electron chi connectivity index (χ1n) is 7.61. The Balaban J connectivity index is 2.08. The van der Waals surface area contributed by atoms with E-state index < -0.39 is 0 Å². The van der Waals surface area contributed by atoms with Crippen LogP contribution >= 0.6 is 0 Å². The van der Waals surface area contributed by atoms with Crippen LogP contribution in [0.1, 0.15) is 51.3 Å². The van der Waals surface area contributed by atoms with Crippen LogP contribution in [0.25, 0.3) is 0 Å². The van der Waals surface area contributed by atoms with E-state index in [2.05, 4.69) is 66.4 Å². The molecule has 1 aromatic rings. The fraction of sp³-hybridized carbons (Fsp3) is 0.529. The fourth-order valence-corrected chi connectivity index (χ4v) is 2.73. The van der Waals surface area contributed by atoms with Gasteiger partial charge in [-0.15, -0.1) is 0 Å². The Bertz CT molecular complexity index is 386. The summed E-state index contributed by atoms with van der Waals surface area (Å²) in [7, 11) is 0. The number of rotatable bonds is 7. The summed E-state index contributed by atoms with van der Waals surface area (Å²) in [5, 5.41) is 0. The second-order valence-corrected chi connectivity index (χ2v) is 5.27. The van der Waals surface area contributed by atoms with Gasteiger partial charge >= 0.3 is 0 Å². The fourth-order valence-electron chi connectivity index (χ4n) is 2.73. The monoisotopic (exact) mass is 258 g/mol. The number of benzene rings is 1. The van der Waals surface area contributed by atoms with Gasteiger partial charge in [0, 0.05) is 25.5 Å². The van der Waals surface area contributed by atoms with Gasteiger partial charge in [0.15, 0.2) is 0 Å². The summed E-state index contributed by atoms with van der Waals surface area (Å²) in [4.78, 5) is 4.95. The molecular formula is C17H26N2. The van der Waals surface area contributed by atoms with Crippen molar-refractivity contribution in [3.8, 4) is 0 Å². The third-order valence-electron chi connectivity index (χ3n) is 3.68. The van der Waals surface area contributed by atoms with E-state index in [1.807, 2.05) is 0 Å². The third-order valence-corrected chi connectivity index (χ3v) is 3.68. The molecule has 1 atom stereocenters. The average Bonchev–Trinajstić information content (AvgIpc) is 2.84. The van der Waals surface area contributed by atoms with E-state index in [4.69, 9.17) is 0 Å². The lowest BCUT2D eigenvalue weighted by Gasteiger charge is -2.33. The van der Waals surface area contributed by atoms with Crippen LogP contribution in [0.2, 0.25) is 0 Å². The van der Waals surface area contributed by atoms with Crippen molar-refractivity contribution < 1.29 is 0 Å². The molecule has 1 heterocycles. The summed E-state index contributed by atoms with van der Waals surface area (Å²) in [5.74, 6) is 0. The average molecular weight is 258 g/mol. The molecule has 0 aromatic heterocycles. The van der Waals surface area contributed by atoms with E-state index in [1.54, 1.807) is 0 Å². The van der Waals surface area contributed by atoms with Crippen molar-refractivity contribution in [2.45, 2.75) is 45.7 Å². The molecule has 0 saturated heterocycles. The van der Waals surface area contributed by atoms with Crippen LogP contribution in [0.4, 0.5) is 0 Å². The van der Waals surface area contributed by atoms with Gasteiger partial charge in [0.2, 0.25) is 0 Å². The van der Waals surface area contributed by atoms with E-state index in [9.17, 15) is 0 Å². The van der Waals surface area contributed by atoms with Crippen LogP contribution in [0.3, 0.4) is 0 Å². The summed E-state index contributed by atoms with van der Waals surface area (Å²) < 4.78 is 0. The van der Waals surface area contributed by atoms with Gasteiger partial charge in [0.1, 0.15) is 6.17 Å². The van der Waals surface area contributed by atoms with E-state index in [0.29, 0.717) is 6.17 Å². The van der Waals surface area contributed by atoms with Crippen molar-refractivity contribution in [1.29, 1.82) is 0 Å². The van der Waals surface area contributed by atoms with Crippen molar-refractivity contribution in [2.24, 2.45) is 0 Å². The van der Waals surface area contributed by atoms with Gasteiger partial charge in [-0.3, -0.25) is 0 Å². The molecule has 104 valence electrons. The lowest BCUT2D eigenvalue weighted by atomic mass is 10.1. The largest absolute Gasteiger partial charge is 0.352 e. The van der Waals surface area contributed by atoms with E-state index >= 15 is 0 Å². The van der Waals surface area contributed by atoms with Gasteiger partial charge < -0.3 is 9.80 Å². The van der Waals surface area contributed by atoms with Crippen LogP contribution in [-0.4, -0.2) is 22.9 Å². The number of hydrogen-bond donors (Lipinski definition) is 0. The standard InChI is InChI=1S/C17H26N2/c1-3-5-9-13-19-15-14-18(12-4-2)17(19)16-10-7-6-8-11-16/h6-8,10-11,14-15,17H,3-5,9,12-13H2,1-2H3. The zero-order valence-corrected chi connectivity index (χ0v) is 12.3. The van der Waals surface area contributed by atoms with Gasteiger partial charge in [-0.2, -0.15) is 0 Å². The first kappa shape index (κ1) is 14.0. The maximum Gasteiger partial charge on any atom is 0.127 e. The molecule has 2 rings (SSSR count). The quantitative estimate of drug-likeness (QED) is 0.670. The summed E-state index contributed by atoms with van der Waals surface area (Å²) in [5.41, 5.74) is 1.40. The number of hydrogen-bond acceptors (Lipinski definition) is 2. The van der Waals surface area contributed by atoms with Crippen molar-refractivity contribution in [2.75, 3.05) is 13.1 Å². The van der Waals surface area contributed by atoms with Gasteiger partial charge in [0.25, 0.3) is 0 Å². The Kier molecular flexibility index (Phi) is 5.31. The highest BCUT2D eigenvalue weighted by molar-refractivity contribution is 5.21. The summed E-state index contributed by atoms with van der Waals surface area (Å²) in [6.07, 6.45) is 10.0. The molecule has 2 nitrogen and oxygen atoms in total. The zero-order chi connectivity index (χ0) is 13.5. The molecule has 0 spiro atoms. The molecule has 0 fully saturated rings. The highest BCUT2D eigenvalue weighted by Crippen LogP contribution is 2.30. The van der Waals surface area contributed by atoms with Crippen molar-refractivity contribution in [3.63, 3.8) is 0 Å². The minimum absolute atomic E-state index is 0.401. The molecule has 0 amide bonds. The molecular weight excluding hydrogens is 232 g/mol. The highest BCUT2D eigenvalue weighted by atomic mass is 15.4. The molecule has 1 aliphatic rings. The molecule has 19 heavy (non-hydrogen) atoms. The number of unbranched alkanes of at least 4 members (excludes halogenated alkanes) is 2. The SMILES string of the molecule is CCCCCN1C=CN(CCC)C1c1ccccc1. The van der Waals surface area contributed by atoms with Crippen LogP contribution in [0.15, 0.2) is 42.7 Å². The molecule has 1 aliphatic heterocycles. The Morgan fingerprint density at radius 3 is 2.16 bits per heavy atom. The first-order chi connectivity index (χ1) is 9.36. The van der Waals surface area contributed by atoms with Gasteiger partial charge in [-0.05, 0) is 18.4 Å². The first-order valence-corrected chi connectivity index (χ1v) is 7.61. The van der Waals surface area contributed by atoms with Gasteiger partial charge in [-0.1, -0.05) is 57.0 Å². The predicted octanol–water partition coefficient (Wildman–Crippen LogP) is 4.37. The smallest absolute Gasteiger partial charge is 0.127 e. The Labute approximate surface area is 117 Å². The normalized spacial score (nSPS) is 18.3.